The number of hydrogen-bond acceptors (Lipinski definition) is 1. The summed E-state index contributed by atoms with van der Waals surface area (Å²) < 4.78 is 0. The maximum atomic E-state index is 9.42. The SMILES string of the molecule is C/C=C\C=C(C)C.Cc1cc2ccccc2cc1O. The van der Waals surface area contributed by atoms with Crippen LogP contribution in [-0.4, -0.2) is 5.11 Å². The van der Waals surface area contributed by atoms with Crippen molar-refractivity contribution >= 4 is 10.8 Å². The van der Waals surface area contributed by atoms with Crippen LogP contribution in [0.4, 0.5) is 0 Å². The lowest BCUT2D eigenvalue weighted by atomic mass is 10.1. The minimum atomic E-state index is 0.369. The van der Waals surface area contributed by atoms with Gasteiger partial charge in [-0.3, -0.25) is 0 Å². The second-order valence-corrected chi connectivity index (χ2v) is 4.76. The normalized spacial score (nSPS) is 10.1. The Hall–Kier alpha value is -2.02. The number of phenolic OH excluding ortho intramolecular Hbond substituents is 1. The first-order valence-electron chi connectivity index (χ1n) is 6.49. The van der Waals surface area contributed by atoms with Crippen molar-refractivity contribution in [1.29, 1.82) is 0 Å². The van der Waals surface area contributed by atoms with Gasteiger partial charge in [-0.1, -0.05) is 48.1 Å². The topological polar surface area (TPSA) is 20.2 Å². The van der Waals surface area contributed by atoms with Crippen LogP contribution in [0.15, 0.2) is 60.2 Å². The first-order valence-corrected chi connectivity index (χ1v) is 6.49. The number of aryl methyl sites for hydroxylation is 1. The molecule has 0 heterocycles. The highest BCUT2D eigenvalue weighted by Gasteiger charge is 1.97. The number of aromatic hydroxyl groups is 1. The third-order valence-corrected chi connectivity index (χ3v) is 2.69. The molecule has 0 saturated carbocycles. The summed E-state index contributed by atoms with van der Waals surface area (Å²) in [6.45, 7) is 8.08. The Bertz CT molecular complexity index is 547. The predicted octanol–water partition coefficient (Wildman–Crippen LogP) is 5.38. The van der Waals surface area contributed by atoms with Gasteiger partial charge >= 0.3 is 0 Å². The number of hydrogen-bond donors (Lipinski definition) is 1. The molecule has 2 aromatic carbocycles. The first-order chi connectivity index (χ1) is 9.04. The lowest BCUT2D eigenvalue weighted by Gasteiger charge is -2.01. The molecule has 0 aliphatic rings. The maximum absolute atomic E-state index is 9.42. The first kappa shape index (κ1) is 15.0. The van der Waals surface area contributed by atoms with Gasteiger partial charge in [0, 0.05) is 0 Å². The zero-order valence-electron chi connectivity index (χ0n) is 12.1. The van der Waals surface area contributed by atoms with Crippen molar-refractivity contribution in [2.75, 3.05) is 0 Å². The van der Waals surface area contributed by atoms with Crippen LogP contribution in [0.2, 0.25) is 0 Å². The number of rotatable bonds is 1. The number of fused-ring (bicyclic) bond motifs is 1. The summed E-state index contributed by atoms with van der Waals surface area (Å²) in [4.78, 5) is 0. The van der Waals surface area contributed by atoms with Crippen LogP contribution in [0.1, 0.15) is 26.3 Å². The molecule has 19 heavy (non-hydrogen) atoms. The second kappa shape index (κ2) is 7.42. The third-order valence-electron chi connectivity index (χ3n) is 2.69. The van der Waals surface area contributed by atoms with Gasteiger partial charge in [0.1, 0.15) is 5.75 Å². The molecule has 1 heteroatoms. The van der Waals surface area contributed by atoms with Gasteiger partial charge in [-0.2, -0.15) is 0 Å². The summed E-state index contributed by atoms with van der Waals surface area (Å²) in [7, 11) is 0. The number of allylic oxidation sites excluding steroid dienone is 4. The van der Waals surface area contributed by atoms with Crippen molar-refractivity contribution in [2.45, 2.75) is 27.7 Å². The Labute approximate surface area is 115 Å². The van der Waals surface area contributed by atoms with Gasteiger partial charge in [0.2, 0.25) is 0 Å². The van der Waals surface area contributed by atoms with E-state index in [0.717, 1.165) is 10.9 Å². The van der Waals surface area contributed by atoms with Crippen molar-refractivity contribution in [3.8, 4) is 5.75 Å². The van der Waals surface area contributed by atoms with Crippen molar-refractivity contribution in [3.63, 3.8) is 0 Å². The van der Waals surface area contributed by atoms with E-state index in [1.165, 1.54) is 11.0 Å². The minimum absolute atomic E-state index is 0.369. The molecule has 0 spiro atoms. The van der Waals surface area contributed by atoms with Gasteiger partial charge in [-0.25, -0.2) is 0 Å². The van der Waals surface area contributed by atoms with Crippen molar-refractivity contribution in [1.82, 2.24) is 0 Å². The van der Waals surface area contributed by atoms with Gasteiger partial charge < -0.3 is 5.11 Å². The molecule has 0 radical (unpaired) electrons. The zero-order valence-corrected chi connectivity index (χ0v) is 12.1. The van der Waals surface area contributed by atoms with E-state index in [-0.39, 0.29) is 0 Å². The highest BCUT2D eigenvalue weighted by atomic mass is 16.3. The fourth-order valence-electron chi connectivity index (χ4n) is 1.63. The summed E-state index contributed by atoms with van der Waals surface area (Å²) >= 11 is 0. The summed E-state index contributed by atoms with van der Waals surface area (Å²) in [5.41, 5.74) is 2.27. The van der Waals surface area contributed by atoms with E-state index >= 15 is 0 Å². The average molecular weight is 254 g/mol. The standard InChI is InChI=1S/C11H10O.C7H12/c1-8-6-9-4-2-3-5-10(9)7-11(8)12;1-4-5-6-7(2)3/h2-7,12H,1H3;4-6H,1-3H3/b;5-4-. The smallest absolute Gasteiger partial charge is 0.119 e. The van der Waals surface area contributed by atoms with Gasteiger partial charge in [0.15, 0.2) is 0 Å². The molecule has 2 rings (SSSR count). The number of benzene rings is 2. The summed E-state index contributed by atoms with van der Waals surface area (Å²) in [5, 5.41) is 11.7. The molecular weight excluding hydrogens is 232 g/mol. The maximum Gasteiger partial charge on any atom is 0.119 e. The fraction of sp³-hybridized carbons (Fsp3) is 0.222. The monoisotopic (exact) mass is 254 g/mol. The quantitative estimate of drug-likeness (QED) is 0.677. The van der Waals surface area contributed by atoms with Gasteiger partial charge in [0.25, 0.3) is 0 Å². The second-order valence-electron chi connectivity index (χ2n) is 4.76. The molecule has 0 saturated heterocycles. The van der Waals surface area contributed by atoms with Crippen LogP contribution >= 0.6 is 0 Å². The Kier molecular flexibility index (Phi) is 5.87. The molecule has 0 bridgehead atoms. The van der Waals surface area contributed by atoms with Gasteiger partial charge in [-0.15, -0.1) is 0 Å². The molecule has 2 aromatic rings. The predicted molar refractivity (Wildman–Crippen MR) is 84.6 cm³/mol. The van der Waals surface area contributed by atoms with E-state index in [9.17, 15) is 5.11 Å². The highest BCUT2D eigenvalue weighted by molar-refractivity contribution is 5.84. The lowest BCUT2D eigenvalue weighted by molar-refractivity contribution is 0.472. The van der Waals surface area contributed by atoms with E-state index in [1.54, 1.807) is 6.07 Å². The third kappa shape index (κ3) is 5.01. The molecule has 0 atom stereocenters. The molecule has 1 nitrogen and oxygen atoms in total. The van der Waals surface area contributed by atoms with Crippen LogP contribution in [0, 0.1) is 6.92 Å². The van der Waals surface area contributed by atoms with E-state index in [2.05, 4.69) is 19.9 Å². The molecule has 0 fully saturated rings. The van der Waals surface area contributed by atoms with Crippen molar-refractivity contribution in [2.24, 2.45) is 0 Å². The zero-order chi connectivity index (χ0) is 14.3. The summed E-state index contributed by atoms with van der Waals surface area (Å²) in [6.07, 6.45) is 6.14. The van der Waals surface area contributed by atoms with E-state index in [4.69, 9.17) is 0 Å². The largest absolute Gasteiger partial charge is 0.508 e. The molecular formula is C18H22O. The Morgan fingerprint density at radius 2 is 1.63 bits per heavy atom. The summed E-state index contributed by atoms with van der Waals surface area (Å²) in [5.74, 6) is 0.369. The highest BCUT2D eigenvalue weighted by Crippen LogP contribution is 2.23. The molecule has 0 aromatic heterocycles. The minimum Gasteiger partial charge on any atom is -0.508 e. The van der Waals surface area contributed by atoms with E-state index < -0.39 is 0 Å². The Balaban J connectivity index is 0.000000224. The van der Waals surface area contributed by atoms with Crippen LogP contribution < -0.4 is 0 Å². The van der Waals surface area contributed by atoms with Crippen LogP contribution in [0.5, 0.6) is 5.75 Å². The van der Waals surface area contributed by atoms with Crippen LogP contribution in [0.3, 0.4) is 0 Å². The summed E-state index contributed by atoms with van der Waals surface area (Å²) in [6, 6.07) is 11.8. The van der Waals surface area contributed by atoms with E-state index in [0.29, 0.717) is 5.75 Å². The Morgan fingerprint density at radius 3 is 2.11 bits per heavy atom. The van der Waals surface area contributed by atoms with Crippen LogP contribution in [0.25, 0.3) is 10.8 Å². The fourth-order valence-corrected chi connectivity index (χ4v) is 1.63. The molecule has 0 unspecified atom stereocenters. The average Bonchev–Trinajstić information content (AvgIpc) is 2.38. The molecule has 1 N–H and O–H groups in total. The van der Waals surface area contributed by atoms with Gasteiger partial charge in [-0.05, 0) is 56.2 Å². The van der Waals surface area contributed by atoms with Crippen molar-refractivity contribution in [3.05, 3.63) is 65.8 Å². The van der Waals surface area contributed by atoms with Gasteiger partial charge in [0.05, 0.1) is 0 Å². The van der Waals surface area contributed by atoms with Crippen molar-refractivity contribution < 1.29 is 5.11 Å². The lowest BCUT2D eigenvalue weighted by Crippen LogP contribution is -1.76. The molecule has 0 aliphatic heterocycles. The number of phenols is 1. The molecule has 0 aliphatic carbocycles. The van der Waals surface area contributed by atoms with E-state index in [1.807, 2.05) is 56.3 Å². The Morgan fingerprint density at radius 1 is 1.05 bits per heavy atom. The molecule has 100 valence electrons. The molecule has 0 amide bonds. The van der Waals surface area contributed by atoms with Crippen LogP contribution in [-0.2, 0) is 0 Å².